The van der Waals surface area contributed by atoms with Crippen molar-refractivity contribution >= 4 is 29.2 Å². The number of ether oxygens (including phenoxy) is 2. The first-order valence-corrected chi connectivity index (χ1v) is 9.42. The largest absolute Gasteiger partial charge is 0.449 e. The van der Waals surface area contributed by atoms with E-state index in [1.807, 2.05) is 12.1 Å². The van der Waals surface area contributed by atoms with Crippen molar-refractivity contribution in [3.05, 3.63) is 58.9 Å². The number of hydrogen-bond donors (Lipinski definition) is 1. The van der Waals surface area contributed by atoms with Crippen molar-refractivity contribution in [3.8, 4) is 0 Å². The van der Waals surface area contributed by atoms with Crippen LogP contribution in [0.2, 0.25) is 5.15 Å². The third-order valence-electron chi connectivity index (χ3n) is 4.37. The fourth-order valence-corrected chi connectivity index (χ4v) is 2.93. The Balaban J connectivity index is 1.53. The smallest absolute Gasteiger partial charge is 0.338 e. The molecule has 0 unspecified atom stereocenters. The molecule has 3 rings (SSSR count). The zero-order valence-corrected chi connectivity index (χ0v) is 16.3. The fraction of sp³-hybridized carbons (Fsp3) is 0.350. The van der Waals surface area contributed by atoms with Crippen LogP contribution in [0.5, 0.6) is 0 Å². The summed E-state index contributed by atoms with van der Waals surface area (Å²) < 4.78 is 10.6. The van der Waals surface area contributed by atoms with Gasteiger partial charge in [-0.15, -0.1) is 0 Å². The van der Waals surface area contributed by atoms with E-state index >= 15 is 0 Å². The van der Waals surface area contributed by atoms with Crippen molar-refractivity contribution in [2.24, 2.45) is 0 Å². The molecule has 0 spiro atoms. The van der Waals surface area contributed by atoms with Crippen molar-refractivity contribution in [2.45, 2.75) is 19.6 Å². The van der Waals surface area contributed by atoms with E-state index < -0.39 is 18.0 Å². The molecule has 1 saturated heterocycles. The summed E-state index contributed by atoms with van der Waals surface area (Å²) in [5.41, 5.74) is 1.87. The van der Waals surface area contributed by atoms with Crippen LogP contribution in [0.3, 0.4) is 0 Å². The lowest BCUT2D eigenvalue weighted by Crippen LogP contribution is -2.35. The van der Waals surface area contributed by atoms with Crippen LogP contribution in [0.15, 0.2) is 42.6 Å². The summed E-state index contributed by atoms with van der Waals surface area (Å²) in [6.45, 7) is 5.60. The summed E-state index contributed by atoms with van der Waals surface area (Å²) in [7, 11) is 0. The number of morpholine rings is 1. The van der Waals surface area contributed by atoms with Gasteiger partial charge in [-0.2, -0.15) is 0 Å². The van der Waals surface area contributed by atoms with Gasteiger partial charge in [-0.3, -0.25) is 9.69 Å². The lowest BCUT2D eigenvalue weighted by atomic mass is 10.1. The van der Waals surface area contributed by atoms with Crippen LogP contribution in [-0.2, 0) is 20.8 Å². The van der Waals surface area contributed by atoms with Crippen LogP contribution < -0.4 is 5.32 Å². The van der Waals surface area contributed by atoms with Crippen LogP contribution in [-0.4, -0.2) is 54.2 Å². The summed E-state index contributed by atoms with van der Waals surface area (Å²) in [5.74, 6) is -1.04. The quantitative estimate of drug-likeness (QED) is 0.590. The average molecular weight is 404 g/mol. The number of carbonyl (C=O) groups is 2. The molecule has 148 valence electrons. The van der Waals surface area contributed by atoms with Crippen molar-refractivity contribution in [3.63, 3.8) is 0 Å². The van der Waals surface area contributed by atoms with Gasteiger partial charge < -0.3 is 14.8 Å². The number of hydrogen-bond acceptors (Lipinski definition) is 6. The van der Waals surface area contributed by atoms with E-state index in [0.717, 1.165) is 38.4 Å². The van der Waals surface area contributed by atoms with Crippen molar-refractivity contribution in [2.75, 3.05) is 31.6 Å². The molecule has 1 aliphatic rings. The zero-order chi connectivity index (χ0) is 19.9. The molecule has 1 fully saturated rings. The second-order valence-corrected chi connectivity index (χ2v) is 6.82. The summed E-state index contributed by atoms with van der Waals surface area (Å²) in [6.07, 6.45) is 0.543. The second kappa shape index (κ2) is 9.64. The molecule has 0 saturated carbocycles. The number of rotatable bonds is 6. The van der Waals surface area contributed by atoms with Gasteiger partial charge in [0.05, 0.1) is 24.5 Å². The zero-order valence-electron chi connectivity index (χ0n) is 15.6. The van der Waals surface area contributed by atoms with Crippen molar-refractivity contribution in [1.29, 1.82) is 0 Å². The third kappa shape index (κ3) is 5.51. The minimum Gasteiger partial charge on any atom is -0.449 e. The number of benzene rings is 1. The highest BCUT2D eigenvalue weighted by atomic mass is 35.5. The summed E-state index contributed by atoms with van der Waals surface area (Å²) in [5, 5.41) is 2.77. The predicted octanol–water partition coefficient (Wildman–Crippen LogP) is 2.75. The minimum absolute atomic E-state index is 0.172. The Morgan fingerprint density at radius 3 is 2.64 bits per heavy atom. The van der Waals surface area contributed by atoms with Gasteiger partial charge in [-0.1, -0.05) is 23.7 Å². The van der Waals surface area contributed by atoms with Crippen LogP contribution in [0.1, 0.15) is 22.8 Å². The molecule has 7 nitrogen and oxygen atoms in total. The van der Waals surface area contributed by atoms with Gasteiger partial charge in [0.15, 0.2) is 11.3 Å². The molecule has 0 bridgehead atoms. The molecule has 2 heterocycles. The van der Waals surface area contributed by atoms with E-state index in [2.05, 4.69) is 15.2 Å². The molecule has 8 heteroatoms. The number of esters is 1. The molecule has 28 heavy (non-hydrogen) atoms. The van der Waals surface area contributed by atoms with Gasteiger partial charge in [0.25, 0.3) is 5.91 Å². The van der Waals surface area contributed by atoms with Gasteiger partial charge in [-0.25, -0.2) is 9.78 Å². The maximum absolute atomic E-state index is 12.3. The van der Waals surface area contributed by atoms with E-state index in [-0.39, 0.29) is 5.15 Å². The van der Waals surface area contributed by atoms with E-state index in [9.17, 15) is 9.59 Å². The number of amides is 1. The van der Waals surface area contributed by atoms with Gasteiger partial charge in [-0.05, 0) is 36.8 Å². The van der Waals surface area contributed by atoms with Gasteiger partial charge in [0.1, 0.15) is 0 Å². The maximum atomic E-state index is 12.3. The number of halogens is 1. The van der Waals surface area contributed by atoms with E-state index in [0.29, 0.717) is 11.3 Å². The predicted molar refractivity (Wildman–Crippen MR) is 105 cm³/mol. The maximum Gasteiger partial charge on any atom is 0.338 e. The highest BCUT2D eigenvalue weighted by Crippen LogP contribution is 2.18. The molecule has 1 N–H and O–H groups in total. The molecule has 2 aromatic rings. The van der Waals surface area contributed by atoms with Crippen LogP contribution >= 0.6 is 11.6 Å². The lowest BCUT2D eigenvalue weighted by Gasteiger charge is -2.26. The van der Waals surface area contributed by atoms with Crippen molar-refractivity contribution in [1.82, 2.24) is 9.88 Å². The molecule has 1 aromatic heterocycles. The Bertz CT molecular complexity index is 822. The highest BCUT2D eigenvalue weighted by Gasteiger charge is 2.20. The Morgan fingerprint density at radius 1 is 1.25 bits per heavy atom. The fourth-order valence-electron chi connectivity index (χ4n) is 2.76. The first-order chi connectivity index (χ1) is 13.5. The van der Waals surface area contributed by atoms with Crippen LogP contribution in [0.25, 0.3) is 0 Å². The Kier molecular flexibility index (Phi) is 6.97. The molecular weight excluding hydrogens is 382 g/mol. The number of carbonyl (C=O) groups excluding carboxylic acids is 2. The van der Waals surface area contributed by atoms with Crippen molar-refractivity contribution < 1.29 is 19.1 Å². The van der Waals surface area contributed by atoms with E-state index in [1.54, 1.807) is 24.3 Å². The normalized spacial score (nSPS) is 15.6. The first-order valence-electron chi connectivity index (χ1n) is 9.04. The average Bonchev–Trinajstić information content (AvgIpc) is 2.71. The number of anilines is 1. The second-order valence-electron chi connectivity index (χ2n) is 6.46. The summed E-state index contributed by atoms with van der Waals surface area (Å²) in [4.78, 5) is 30.7. The molecule has 1 aromatic carbocycles. The molecule has 1 aliphatic heterocycles. The lowest BCUT2D eigenvalue weighted by molar-refractivity contribution is -0.123. The number of pyridine rings is 1. The Morgan fingerprint density at radius 2 is 1.96 bits per heavy atom. The number of nitrogens with one attached hydrogen (secondary N) is 1. The minimum atomic E-state index is -0.975. The molecular formula is C20H22ClN3O4. The van der Waals surface area contributed by atoms with Crippen LogP contribution in [0.4, 0.5) is 5.69 Å². The molecule has 0 aliphatic carbocycles. The molecule has 1 atom stereocenters. The monoisotopic (exact) mass is 403 g/mol. The van der Waals surface area contributed by atoms with Gasteiger partial charge in [0.2, 0.25) is 0 Å². The van der Waals surface area contributed by atoms with Gasteiger partial charge in [0, 0.05) is 25.8 Å². The van der Waals surface area contributed by atoms with E-state index in [1.165, 1.54) is 13.1 Å². The van der Waals surface area contributed by atoms with E-state index in [4.69, 9.17) is 21.1 Å². The standard InChI is InChI=1S/C20H22ClN3O4/c1-14(19(25)23-17-3-2-8-22-18(17)21)28-20(26)16-6-4-15(5-7-16)13-24-9-11-27-12-10-24/h2-8,14H,9-13H2,1H3,(H,23,25)/t14-/m0/s1. The third-order valence-corrected chi connectivity index (χ3v) is 4.67. The number of nitrogens with zero attached hydrogens (tertiary/aromatic N) is 2. The SMILES string of the molecule is C[C@H](OC(=O)c1ccc(CN2CCOCC2)cc1)C(=O)Nc1cccnc1Cl. The first kappa shape index (κ1) is 20.3. The summed E-state index contributed by atoms with van der Waals surface area (Å²) in [6, 6.07) is 10.5. The number of aromatic nitrogens is 1. The Hall–Kier alpha value is -2.48. The van der Waals surface area contributed by atoms with Crippen LogP contribution in [0, 0.1) is 0 Å². The summed E-state index contributed by atoms with van der Waals surface area (Å²) >= 11 is 5.92. The highest BCUT2D eigenvalue weighted by molar-refractivity contribution is 6.32. The van der Waals surface area contributed by atoms with Gasteiger partial charge >= 0.3 is 5.97 Å². The molecule has 1 amide bonds. The Labute approximate surface area is 168 Å². The molecule has 0 radical (unpaired) electrons. The topological polar surface area (TPSA) is 80.8 Å².